The number of hydrogen-bond acceptors (Lipinski definition) is 1. The van der Waals surface area contributed by atoms with Gasteiger partial charge in [0, 0.05) is 10.5 Å². The lowest BCUT2D eigenvalue weighted by Crippen LogP contribution is -2.40. The Labute approximate surface area is 131 Å². The Kier molecular flexibility index (Phi) is 4.83. The van der Waals surface area contributed by atoms with E-state index in [2.05, 4.69) is 52.4 Å². The maximum Gasteiger partial charge on any atom is 0.0175 e. The van der Waals surface area contributed by atoms with E-state index in [4.69, 9.17) is 0 Å². The van der Waals surface area contributed by atoms with Crippen molar-refractivity contribution in [2.75, 3.05) is 6.54 Å². The fourth-order valence-electron chi connectivity index (χ4n) is 4.37. The molecule has 0 amide bonds. The summed E-state index contributed by atoms with van der Waals surface area (Å²) in [6.45, 7) is 3.43. The lowest BCUT2D eigenvalue weighted by Gasteiger charge is -2.31. The fourth-order valence-corrected chi connectivity index (χ4v) is 4.63. The zero-order valence-electron chi connectivity index (χ0n) is 12.4. The molecule has 0 aliphatic heterocycles. The smallest absolute Gasteiger partial charge is 0.0175 e. The Morgan fingerprint density at radius 3 is 2.60 bits per heavy atom. The minimum Gasteiger partial charge on any atom is -0.313 e. The molecule has 2 bridgehead atoms. The molecule has 2 fully saturated rings. The van der Waals surface area contributed by atoms with Crippen molar-refractivity contribution in [2.45, 2.75) is 51.5 Å². The predicted octanol–water partition coefficient (Wildman–Crippen LogP) is 4.80. The van der Waals surface area contributed by atoms with Crippen molar-refractivity contribution in [2.24, 2.45) is 17.8 Å². The lowest BCUT2D eigenvalue weighted by molar-refractivity contribution is 0.247. The second kappa shape index (κ2) is 6.62. The summed E-state index contributed by atoms with van der Waals surface area (Å²) in [7, 11) is 0. The van der Waals surface area contributed by atoms with Crippen LogP contribution in [0.3, 0.4) is 0 Å². The second-order valence-electron chi connectivity index (χ2n) is 6.73. The second-order valence-corrected chi connectivity index (χ2v) is 7.65. The molecule has 0 spiro atoms. The number of fused-ring (bicyclic) bond motifs is 2. The molecule has 0 radical (unpaired) electrons. The molecular formula is C18H26BrN. The molecule has 1 aromatic carbocycles. The Balaban J connectivity index is 1.67. The van der Waals surface area contributed by atoms with Crippen LogP contribution in [-0.4, -0.2) is 12.6 Å². The molecule has 2 aliphatic rings. The van der Waals surface area contributed by atoms with E-state index in [0.29, 0.717) is 6.04 Å². The van der Waals surface area contributed by atoms with E-state index >= 15 is 0 Å². The van der Waals surface area contributed by atoms with Gasteiger partial charge >= 0.3 is 0 Å². The summed E-state index contributed by atoms with van der Waals surface area (Å²) >= 11 is 3.53. The van der Waals surface area contributed by atoms with Crippen LogP contribution in [-0.2, 0) is 6.42 Å². The Bertz CT molecular complexity index is 428. The summed E-state index contributed by atoms with van der Waals surface area (Å²) in [4.78, 5) is 0. The lowest BCUT2D eigenvalue weighted by atomic mass is 9.81. The molecule has 4 unspecified atom stereocenters. The summed E-state index contributed by atoms with van der Waals surface area (Å²) in [5.41, 5.74) is 1.48. The van der Waals surface area contributed by atoms with Crippen LogP contribution in [0.25, 0.3) is 0 Å². The van der Waals surface area contributed by atoms with Crippen LogP contribution in [0.1, 0.15) is 44.6 Å². The summed E-state index contributed by atoms with van der Waals surface area (Å²) in [5.74, 6) is 2.97. The third-order valence-electron chi connectivity index (χ3n) is 5.34. The monoisotopic (exact) mass is 335 g/mol. The topological polar surface area (TPSA) is 12.0 Å². The van der Waals surface area contributed by atoms with Gasteiger partial charge in [-0.1, -0.05) is 41.4 Å². The zero-order chi connectivity index (χ0) is 13.9. The Morgan fingerprint density at radius 1 is 1.20 bits per heavy atom. The van der Waals surface area contributed by atoms with Gasteiger partial charge in [0.2, 0.25) is 0 Å². The molecule has 2 aliphatic carbocycles. The highest BCUT2D eigenvalue weighted by molar-refractivity contribution is 9.10. The molecule has 3 rings (SSSR count). The van der Waals surface area contributed by atoms with Crippen LogP contribution in [0.2, 0.25) is 0 Å². The third-order valence-corrected chi connectivity index (χ3v) is 5.86. The van der Waals surface area contributed by atoms with E-state index in [1.54, 1.807) is 0 Å². The minimum atomic E-state index is 0.687. The van der Waals surface area contributed by atoms with Gasteiger partial charge in [0.05, 0.1) is 0 Å². The van der Waals surface area contributed by atoms with Gasteiger partial charge in [-0.05, 0) is 74.1 Å². The maximum absolute atomic E-state index is 3.85. The highest BCUT2D eigenvalue weighted by atomic mass is 79.9. The van der Waals surface area contributed by atoms with Gasteiger partial charge in [-0.3, -0.25) is 0 Å². The first-order valence-corrected chi connectivity index (χ1v) is 9.03. The molecule has 2 heteroatoms. The third kappa shape index (κ3) is 3.28. The SMILES string of the molecule is CCCNC(Cc1ccc(Br)cc1)C1CC2CCC1C2. The van der Waals surface area contributed by atoms with Crippen molar-refractivity contribution in [3.8, 4) is 0 Å². The summed E-state index contributed by atoms with van der Waals surface area (Å²) in [6.07, 6.45) is 8.40. The molecule has 1 N–H and O–H groups in total. The van der Waals surface area contributed by atoms with Crippen LogP contribution >= 0.6 is 15.9 Å². The number of hydrogen-bond donors (Lipinski definition) is 1. The Hall–Kier alpha value is -0.340. The van der Waals surface area contributed by atoms with Crippen molar-refractivity contribution < 1.29 is 0 Å². The molecule has 0 saturated heterocycles. The molecule has 0 aromatic heterocycles. The number of rotatable bonds is 6. The van der Waals surface area contributed by atoms with Gasteiger partial charge in [0.1, 0.15) is 0 Å². The van der Waals surface area contributed by atoms with Crippen LogP contribution < -0.4 is 5.32 Å². The molecular weight excluding hydrogens is 310 g/mol. The first kappa shape index (κ1) is 14.6. The molecule has 1 aromatic rings. The molecule has 1 nitrogen and oxygen atoms in total. The molecule has 20 heavy (non-hydrogen) atoms. The average molecular weight is 336 g/mol. The maximum atomic E-state index is 3.85. The highest BCUT2D eigenvalue weighted by Crippen LogP contribution is 2.49. The van der Waals surface area contributed by atoms with Gasteiger partial charge < -0.3 is 5.32 Å². The minimum absolute atomic E-state index is 0.687. The summed E-state index contributed by atoms with van der Waals surface area (Å²) in [6, 6.07) is 9.59. The fraction of sp³-hybridized carbons (Fsp3) is 0.667. The van der Waals surface area contributed by atoms with E-state index in [1.165, 1.54) is 48.6 Å². The van der Waals surface area contributed by atoms with Gasteiger partial charge in [0.25, 0.3) is 0 Å². The van der Waals surface area contributed by atoms with Crippen molar-refractivity contribution in [1.82, 2.24) is 5.32 Å². The van der Waals surface area contributed by atoms with Crippen LogP contribution in [0.4, 0.5) is 0 Å². The van der Waals surface area contributed by atoms with E-state index in [9.17, 15) is 0 Å². The van der Waals surface area contributed by atoms with Gasteiger partial charge in [-0.15, -0.1) is 0 Å². The van der Waals surface area contributed by atoms with E-state index in [1.807, 2.05) is 0 Å². The number of nitrogens with one attached hydrogen (secondary N) is 1. The first-order valence-electron chi connectivity index (χ1n) is 8.24. The predicted molar refractivity (Wildman–Crippen MR) is 88.9 cm³/mol. The number of halogens is 1. The largest absolute Gasteiger partial charge is 0.313 e. The standard InChI is InChI=1S/C18H26BrN/c1-2-9-20-18(12-13-4-7-16(19)8-5-13)17-11-14-3-6-15(17)10-14/h4-5,7-8,14-15,17-18,20H,2-3,6,9-12H2,1H3. The molecule has 4 atom stereocenters. The van der Waals surface area contributed by atoms with Crippen LogP contribution in [0.15, 0.2) is 28.7 Å². The van der Waals surface area contributed by atoms with Gasteiger partial charge in [0.15, 0.2) is 0 Å². The zero-order valence-corrected chi connectivity index (χ0v) is 14.0. The highest BCUT2D eigenvalue weighted by Gasteiger charge is 2.42. The average Bonchev–Trinajstić information content (AvgIpc) is 3.08. The van der Waals surface area contributed by atoms with Crippen LogP contribution in [0.5, 0.6) is 0 Å². The van der Waals surface area contributed by atoms with E-state index in [-0.39, 0.29) is 0 Å². The van der Waals surface area contributed by atoms with Gasteiger partial charge in [-0.25, -0.2) is 0 Å². The van der Waals surface area contributed by atoms with E-state index < -0.39 is 0 Å². The first-order chi connectivity index (χ1) is 9.76. The molecule has 2 saturated carbocycles. The Morgan fingerprint density at radius 2 is 2.00 bits per heavy atom. The van der Waals surface area contributed by atoms with Crippen molar-refractivity contribution >= 4 is 15.9 Å². The van der Waals surface area contributed by atoms with Crippen molar-refractivity contribution in [1.29, 1.82) is 0 Å². The van der Waals surface area contributed by atoms with Crippen molar-refractivity contribution in [3.05, 3.63) is 34.3 Å². The van der Waals surface area contributed by atoms with Crippen molar-refractivity contribution in [3.63, 3.8) is 0 Å². The normalized spacial score (nSPS) is 29.8. The number of benzene rings is 1. The van der Waals surface area contributed by atoms with Crippen LogP contribution in [0, 0.1) is 17.8 Å². The summed E-state index contributed by atoms with van der Waals surface area (Å²) in [5, 5.41) is 3.85. The van der Waals surface area contributed by atoms with Gasteiger partial charge in [-0.2, -0.15) is 0 Å². The summed E-state index contributed by atoms with van der Waals surface area (Å²) < 4.78 is 1.18. The molecule has 0 heterocycles. The molecule has 110 valence electrons. The van der Waals surface area contributed by atoms with E-state index in [0.717, 1.165) is 24.3 Å². The quantitative estimate of drug-likeness (QED) is 0.787.